The first kappa shape index (κ1) is 17.2. The molecule has 5 nitrogen and oxygen atoms in total. The Balaban J connectivity index is 0.00000264. The van der Waals surface area contributed by atoms with Crippen molar-refractivity contribution in [1.82, 2.24) is 9.03 Å². The lowest BCUT2D eigenvalue weighted by atomic mass is 10.0. The molecule has 1 heterocycles. The normalized spacial score (nSPS) is 15.4. The van der Waals surface area contributed by atoms with Crippen LogP contribution in [0.25, 0.3) is 0 Å². The van der Waals surface area contributed by atoms with E-state index in [0.717, 1.165) is 13.0 Å². The van der Waals surface area contributed by atoms with Gasteiger partial charge in [-0.25, -0.2) is 0 Å². The number of hydrogen-bond acceptors (Lipinski definition) is 3. The molecule has 1 aromatic carbocycles. The van der Waals surface area contributed by atoms with Crippen LogP contribution in [0.15, 0.2) is 24.3 Å². The molecule has 0 atom stereocenters. The van der Waals surface area contributed by atoms with Gasteiger partial charge < -0.3 is 4.90 Å². The van der Waals surface area contributed by atoms with Gasteiger partial charge in [0.1, 0.15) is 0 Å². The van der Waals surface area contributed by atoms with Crippen LogP contribution in [0.1, 0.15) is 34.7 Å². The molecule has 0 amide bonds. The lowest BCUT2D eigenvalue weighted by Crippen LogP contribution is -2.53. The predicted molar refractivity (Wildman–Crippen MR) is 93.5 cm³/mol. The van der Waals surface area contributed by atoms with Crippen LogP contribution in [0, 0.1) is 0 Å². The summed E-state index contributed by atoms with van der Waals surface area (Å²) in [4.78, 5) is 2.30. The molecule has 6 heteroatoms. The largest absolute Gasteiger partial charge is 0.365 e. The van der Waals surface area contributed by atoms with Crippen molar-refractivity contribution in [2.75, 3.05) is 31.1 Å². The van der Waals surface area contributed by atoms with Gasteiger partial charge in [0.25, 0.3) is 10.2 Å². The number of nitrogens with zero attached hydrogens (tertiary/aromatic N) is 2. The van der Waals surface area contributed by atoms with E-state index in [4.69, 9.17) is 0 Å². The first-order valence-electron chi connectivity index (χ1n) is 7.92. The first-order chi connectivity index (χ1) is 10.3. The zero-order valence-electron chi connectivity index (χ0n) is 14.0. The van der Waals surface area contributed by atoms with E-state index in [-0.39, 0.29) is 6.97 Å². The van der Waals surface area contributed by atoms with Crippen molar-refractivity contribution >= 4 is 15.9 Å². The number of para-hydroxylation sites is 1. The number of hydrogen-bond donors (Lipinski definition) is 1. The predicted octanol–water partition coefficient (Wildman–Crippen LogP) is 2.25. The third-order valence-electron chi connectivity index (χ3n) is 4.35. The van der Waals surface area contributed by atoms with Crippen LogP contribution < -0.4 is 9.62 Å². The maximum absolute atomic E-state index is 12.3. The molecule has 0 bridgehead atoms. The fourth-order valence-corrected chi connectivity index (χ4v) is 4.38. The van der Waals surface area contributed by atoms with Crippen molar-refractivity contribution in [3.8, 4) is 0 Å². The summed E-state index contributed by atoms with van der Waals surface area (Å²) in [5.74, 6) is 0. The quantitative estimate of drug-likeness (QED) is 0.836. The van der Waals surface area contributed by atoms with Gasteiger partial charge >= 0.3 is 0 Å². The summed E-state index contributed by atoms with van der Waals surface area (Å²) < 4.78 is 28.8. The number of nitrogens with one attached hydrogen (secondary N) is 1. The molecule has 0 radical (unpaired) electrons. The summed E-state index contributed by atoms with van der Waals surface area (Å²) in [6.07, 6.45) is 1.02. The summed E-state index contributed by atoms with van der Waals surface area (Å²) >= 11 is 0. The fraction of sp³-hybridized carbons (Fsp3) is 0.625. The van der Waals surface area contributed by atoms with Crippen LogP contribution in [0.5, 0.6) is 0 Å². The molecule has 0 spiro atoms. The van der Waals surface area contributed by atoms with Crippen LogP contribution in [0.3, 0.4) is 0 Å². The van der Waals surface area contributed by atoms with E-state index in [1.165, 1.54) is 15.6 Å². The summed E-state index contributed by atoms with van der Waals surface area (Å²) in [5, 5.41) is 0. The molecule has 1 aliphatic heterocycles. The van der Waals surface area contributed by atoms with E-state index in [9.17, 15) is 8.42 Å². The molecule has 0 aliphatic carbocycles. The smallest absolute Gasteiger partial charge is 0.279 e. The van der Waals surface area contributed by atoms with Gasteiger partial charge in [-0.15, -0.1) is 0 Å². The third kappa shape index (κ3) is 3.45. The molecular formula is C16H29N3O2S. The van der Waals surface area contributed by atoms with Crippen molar-refractivity contribution in [2.45, 2.75) is 39.7 Å². The minimum absolute atomic E-state index is 0. The second-order valence-corrected chi connectivity index (χ2v) is 8.01. The van der Waals surface area contributed by atoms with Crippen molar-refractivity contribution in [3.63, 3.8) is 0 Å². The van der Waals surface area contributed by atoms with Crippen LogP contribution in [-0.4, -0.2) is 44.4 Å². The van der Waals surface area contributed by atoms with E-state index >= 15 is 0 Å². The number of rotatable bonds is 7. The van der Waals surface area contributed by atoms with E-state index in [0.29, 0.717) is 19.6 Å². The second-order valence-electron chi connectivity index (χ2n) is 6.25. The number of anilines is 1. The average molecular weight is 327 g/mol. The first-order valence-corrected chi connectivity index (χ1v) is 9.36. The van der Waals surface area contributed by atoms with Gasteiger partial charge in [0.15, 0.2) is 0 Å². The lowest BCUT2D eigenvalue weighted by molar-refractivity contribution is 0.414. The van der Waals surface area contributed by atoms with E-state index in [1.807, 2.05) is 19.9 Å². The zero-order chi connectivity index (χ0) is 16.4. The second kappa shape index (κ2) is 6.56. The Morgan fingerprint density at radius 1 is 1.27 bits per heavy atom. The Morgan fingerprint density at radius 3 is 2.55 bits per heavy atom. The zero-order valence-corrected chi connectivity index (χ0v) is 14.8. The standard InChI is InChI=1S/C16H27N3O2S.H2/c1-5-18(6-2)22(20,21)17-13-16(3,4)19-12-11-14-9-7-8-10-15(14)19;/h7-10,17H,5-6,11-13H2,1-4H3;1H. The van der Waals surface area contributed by atoms with Crippen LogP contribution in [0.2, 0.25) is 0 Å². The molecule has 0 saturated carbocycles. The lowest BCUT2D eigenvalue weighted by Gasteiger charge is -2.38. The molecule has 22 heavy (non-hydrogen) atoms. The van der Waals surface area contributed by atoms with Crippen LogP contribution in [-0.2, 0) is 16.6 Å². The van der Waals surface area contributed by atoms with Crippen LogP contribution >= 0.6 is 0 Å². The summed E-state index contributed by atoms with van der Waals surface area (Å²) in [6, 6.07) is 8.35. The van der Waals surface area contributed by atoms with Crippen molar-refractivity contribution in [2.24, 2.45) is 0 Å². The van der Waals surface area contributed by atoms with Gasteiger partial charge in [-0.2, -0.15) is 17.4 Å². The van der Waals surface area contributed by atoms with Gasteiger partial charge in [0, 0.05) is 38.8 Å². The molecule has 1 aliphatic rings. The van der Waals surface area contributed by atoms with Gasteiger partial charge in [0.2, 0.25) is 0 Å². The van der Waals surface area contributed by atoms with Crippen LogP contribution in [0.4, 0.5) is 5.69 Å². The highest BCUT2D eigenvalue weighted by Gasteiger charge is 2.33. The Morgan fingerprint density at radius 2 is 1.91 bits per heavy atom. The molecule has 0 fully saturated rings. The highest BCUT2D eigenvalue weighted by atomic mass is 32.2. The van der Waals surface area contributed by atoms with Gasteiger partial charge in [-0.1, -0.05) is 32.0 Å². The van der Waals surface area contributed by atoms with Gasteiger partial charge in [0.05, 0.1) is 0 Å². The number of fused-ring (bicyclic) bond motifs is 1. The van der Waals surface area contributed by atoms with Crippen molar-refractivity contribution in [1.29, 1.82) is 0 Å². The Kier molecular flexibility index (Phi) is 5.14. The molecule has 0 saturated heterocycles. The molecule has 1 aromatic rings. The highest BCUT2D eigenvalue weighted by Crippen LogP contribution is 2.33. The summed E-state index contributed by atoms with van der Waals surface area (Å²) in [5.41, 5.74) is 2.28. The average Bonchev–Trinajstić information content (AvgIpc) is 2.91. The van der Waals surface area contributed by atoms with Crippen molar-refractivity contribution < 1.29 is 9.84 Å². The third-order valence-corrected chi connectivity index (χ3v) is 6.06. The SMILES string of the molecule is CCN(CC)S(=O)(=O)NCC(C)(C)N1CCc2ccccc21.[HH]. The van der Waals surface area contributed by atoms with Crippen molar-refractivity contribution in [3.05, 3.63) is 29.8 Å². The van der Waals surface area contributed by atoms with Gasteiger partial charge in [-0.3, -0.25) is 0 Å². The van der Waals surface area contributed by atoms with E-state index < -0.39 is 10.2 Å². The maximum atomic E-state index is 12.3. The summed E-state index contributed by atoms with van der Waals surface area (Å²) in [7, 11) is -3.41. The fourth-order valence-electron chi connectivity index (χ4n) is 2.99. The molecule has 0 aromatic heterocycles. The minimum Gasteiger partial charge on any atom is -0.365 e. The Bertz CT molecular complexity index is 616. The maximum Gasteiger partial charge on any atom is 0.279 e. The summed E-state index contributed by atoms with van der Waals surface area (Å²) in [6.45, 7) is 10.2. The Labute approximate surface area is 136 Å². The Hall–Kier alpha value is -1.11. The molecule has 126 valence electrons. The molecular weight excluding hydrogens is 298 g/mol. The monoisotopic (exact) mass is 327 g/mol. The van der Waals surface area contributed by atoms with Gasteiger partial charge in [-0.05, 0) is 31.9 Å². The van der Waals surface area contributed by atoms with E-state index in [2.05, 4.69) is 41.7 Å². The topological polar surface area (TPSA) is 52.7 Å². The highest BCUT2D eigenvalue weighted by molar-refractivity contribution is 7.87. The molecule has 1 N–H and O–H groups in total. The molecule has 2 rings (SSSR count). The molecule has 0 unspecified atom stereocenters. The minimum atomic E-state index is -3.41. The van der Waals surface area contributed by atoms with E-state index in [1.54, 1.807) is 0 Å². The number of benzene rings is 1.